The molecule has 9 heteroatoms. The molecule has 164 valence electrons. The molecule has 0 saturated carbocycles. The van der Waals surface area contributed by atoms with Gasteiger partial charge in [0.05, 0.1) is 43.4 Å². The lowest BCUT2D eigenvalue weighted by Crippen LogP contribution is -2.36. The van der Waals surface area contributed by atoms with E-state index in [9.17, 15) is 4.79 Å². The zero-order valence-electron chi connectivity index (χ0n) is 17.7. The molecular weight excluding hydrogens is 398 g/mol. The standard InChI is InChI=1S/C22H27N5O4/c1-29-17-2-3-18-19(10-17)23-14-27(22(18)28)11-15-4-7-26(8-5-15)12-20-24-25-21(31-20)16-6-9-30-13-16/h2-3,10,14-16H,4-9,11-13H2,1H3. The number of likely N-dealkylation sites (tertiary alicyclic amines) is 1. The third-order valence-corrected chi connectivity index (χ3v) is 6.31. The van der Waals surface area contributed by atoms with Gasteiger partial charge in [0, 0.05) is 19.2 Å². The lowest BCUT2D eigenvalue weighted by atomic mass is 9.96. The minimum absolute atomic E-state index is 0.00404. The van der Waals surface area contributed by atoms with Crippen LogP contribution in [-0.2, 0) is 17.8 Å². The maximum atomic E-state index is 12.9. The highest BCUT2D eigenvalue weighted by molar-refractivity contribution is 5.78. The summed E-state index contributed by atoms with van der Waals surface area (Å²) in [6.07, 6.45) is 4.64. The molecule has 9 nitrogen and oxygen atoms in total. The van der Waals surface area contributed by atoms with Gasteiger partial charge in [-0.2, -0.15) is 0 Å². The van der Waals surface area contributed by atoms with Gasteiger partial charge >= 0.3 is 0 Å². The minimum Gasteiger partial charge on any atom is -0.497 e. The number of ether oxygens (including phenoxy) is 2. The monoisotopic (exact) mass is 425 g/mol. The number of piperidine rings is 1. The first kappa shape index (κ1) is 20.1. The third-order valence-electron chi connectivity index (χ3n) is 6.31. The highest BCUT2D eigenvalue weighted by atomic mass is 16.5. The lowest BCUT2D eigenvalue weighted by molar-refractivity contribution is 0.152. The van der Waals surface area contributed by atoms with Crippen LogP contribution in [0.2, 0.25) is 0 Å². The molecule has 0 N–H and O–H groups in total. The maximum absolute atomic E-state index is 12.9. The van der Waals surface area contributed by atoms with E-state index in [0.29, 0.717) is 54.0 Å². The van der Waals surface area contributed by atoms with Crippen molar-refractivity contribution in [2.24, 2.45) is 5.92 Å². The topological polar surface area (TPSA) is 95.5 Å². The highest BCUT2D eigenvalue weighted by Crippen LogP contribution is 2.25. The van der Waals surface area contributed by atoms with E-state index < -0.39 is 0 Å². The number of nitrogens with zero attached hydrogens (tertiary/aromatic N) is 5. The summed E-state index contributed by atoms with van der Waals surface area (Å²) in [4.78, 5) is 19.7. The molecule has 0 bridgehead atoms. The van der Waals surface area contributed by atoms with Crippen LogP contribution in [0.4, 0.5) is 0 Å². The molecule has 2 fully saturated rings. The zero-order valence-corrected chi connectivity index (χ0v) is 17.7. The number of benzene rings is 1. The van der Waals surface area contributed by atoms with Crippen LogP contribution < -0.4 is 10.3 Å². The van der Waals surface area contributed by atoms with Gasteiger partial charge in [0.1, 0.15) is 5.75 Å². The number of methoxy groups -OCH3 is 1. The molecule has 2 aromatic heterocycles. The Labute approximate surface area is 180 Å². The molecule has 0 spiro atoms. The Morgan fingerprint density at radius 3 is 2.84 bits per heavy atom. The Hall–Kier alpha value is -2.78. The predicted molar refractivity (Wildman–Crippen MR) is 113 cm³/mol. The molecule has 0 radical (unpaired) electrons. The summed E-state index contributed by atoms with van der Waals surface area (Å²) in [7, 11) is 1.61. The van der Waals surface area contributed by atoms with Crippen LogP contribution in [-0.4, -0.2) is 58.1 Å². The van der Waals surface area contributed by atoms with E-state index in [4.69, 9.17) is 13.9 Å². The van der Waals surface area contributed by atoms with E-state index in [2.05, 4.69) is 20.1 Å². The Kier molecular flexibility index (Phi) is 5.69. The summed E-state index contributed by atoms with van der Waals surface area (Å²) in [5.41, 5.74) is 0.669. The smallest absolute Gasteiger partial charge is 0.261 e. The third kappa shape index (κ3) is 4.33. The fourth-order valence-corrected chi connectivity index (χ4v) is 4.42. The number of rotatable bonds is 6. The first-order valence-electron chi connectivity index (χ1n) is 10.8. The van der Waals surface area contributed by atoms with Crippen molar-refractivity contribution >= 4 is 10.9 Å². The number of aromatic nitrogens is 4. The summed E-state index contributed by atoms with van der Waals surface area (Å²) < 4.78 is 18.2. The molecule has 2 aliphatic heterocycles. The van der Waals surface area contributed by atoms with Gasteiger partial charge in [-0.3, -0.25) is 14.3 Å². The van der Waals surface area contributed by atoms with Crippen molar-refractivity contribution in [3.8, 4) is 5.75 Å². The Morgan fingerprint density at radius 2 is 2.06 bits per heavy atom. The SMILES string of the molecule is COc1ccc2c(=O)n(CC3CCN(Cc4nnc(C5CCOC5)o4)CC3)cnc2c1. The average Bonchev–Trinajstić information content (AvgIpc) is 3.49. The molecule has 3 aromatic rings. The average molecular weight is 425 g/mol. The van der Waals surface area contributed by atoms with Crippen LogP contribution in [0.15, 0.2) is 33.7 Å². The van der Waals surface area contributed by atoms with Gasteiger partial charge in [-0.05, 0) is 50.4 Å². The van der Waals surface area contributed by atoms with Crippen LogP contribution in [0.5, 0.6) is 5.75 Å². The van der Waals surface area contributed by atoms with Crippen molar-refractivity contribution in [3.05, 3.63) is 46.7 Å². The second-order valence-electron chi connectivity index (χ2n) is 8.40. The van der Waals surface area contributed by atoms with Crippen molar-refractivity contribution in [1.29, 1.82) is 0 Å². The van der Waals surface area contributed by atoms with Gasteiger partial charge in [-0.25, -0.2) is 4.98 Å². The van der Waals surface area contributed by atoms with Crippen LogP contribution in [0.3, 0.4) is 0 Å². The van der Waals surface area contributed by atoms with Gasteiger partial charge < -0.3 is 13.9 Å². The summed E-state index contributed by atoms with van der Waals surface area (Å²) in [6.45, 7) is 4.69. The quantitative estimate of drug-likeness (QED) is 0.593. The second kappa shape index (κ2) is 8.76. The molecule has 31 heavy (non-hydrogen) atoms. The molecule has 1 atom stereocenters. The Bertz CT molecular complexity index is 1100. The van der Waals surface area contributed by atoms with Gasteiger partial charge in [-0.1, -0.05) is 0 Å². The molecule has 2 aliphatic rings. The zero-order chi connectivity index (χ0) is 21.2. The van der Waals surface area contributed by atoms with Crippen molar-refractivity contribution in [3.63, 3.8) is 0 Å². The van der Waals surface area contributed by atoms with Crippen molar-refractivity contribution in [2.45, 2.75) is 38.3 Å². The van der Waals surface area contributed by atoms with Gasteiger partial charge in [0.25, 0.3) is 5.56 Å². The number of hydrogen-bond acceptors (Lipinski definition) is 8. The van der Waals surface area contributed by atoms with Crippen molar-refractivity contribution in [1.82, 2.24) is 24.6 Å². The maximum Gasteiger partial charge on any atom is 0.261 e. The second-order valence-corrected chi connectivity index (χ2v) is 8.40. The Balaban J connectivity index is 1.17. The normalized spacial score (nSPS) is 20.5. The summed E-state index contributed by atoms with van der Waals surface area (Å²) in [6, 6.07) is 5.39. The first-order valence-corrected chi connectivity index (χ1v) is 10.8. The van der Waals surface area contributed by atoms with Gasteiger partial charge in [-0.15, -0.1) is 10.2 Å². The molecule has 1 unspecified atom stereocenters. The van der Waals surface area contributed by atoms with Crippen molar-refractivity contribution in [2.75, 3.05) is 33.4 Å². The van der Waals surface area contributed by atoms with E-state index in [-0.39, 0.29) is 11.5 Å². The van der Waals surface area contributed by atoms with Gasteiger partial charge in [0.15, 0.2) is 0 Å². The van der Waals surface area contributed by atoms with Gasteiger partial charge in [0.2, 0.25) is 11.8 Å². The fourth-order valence-electron chi connectivity index (χ4n) is 4.42. The molecule has 2 saturated heterocycles. The van der Waals surface area contributed by atoms with E-state index >= 15 is 0 Å². The van der Waals surface area contributed by atoms with Crippen LogP contribution in [0, 0.1) is 5.92 Å². The van der Waals surface area contributed by atoms with E-state index in [1.54, 1.807) is 36.2 Å². The van der Waals surface area contributed by atoms with Crippen molar-refractivity contribution < 1.29 is 13.9 Å². The van der Waals surface area contributed by atoms with E-state index in [1.165, 1.54) is 0 Å². The van der Waals surface area contributed by atoms with E-state index in [0.717, 1.165) is 39.0 Å². The molecular formula is C22H27N5O4. The van der Waals surface area contributed by atoms with Crippen LogP contribution >= 0.6 is 0 Å². The predicted octanol–water partition coefficient (Wildman–Crippen LogP) is 2.20. The summed E-state index contributed by atoms with van der Waals surface area (Å²) in [5.74, 6) is 2.76. The first-order chi connectivity index (χ1) is 15.2. The number of fused-ring (bicyclic) bond motifs is 1. The Morgan fingerprint density at radius 1 is 1.19 bits per heavy atom. The molecule has 4 heterocycles. The minimum atomic E-state index is 0.00404. The largest absolute Gasteiger partial charge is 0.497 e. The fraction of sp³-hybridized carbons (Fsp3) is 0.545. The number of hydrogen-bond donors (Lipinski definition) is 0. The van der Waals surface area contributed by atoms with Crippen LogP contribution in [0.25, 0.3) is 10.9 Å². The molecule has 1 aromatic carbocycles. The molecule has 5 rings (SSSR count). The summed E-state index contributed by atoms with van der Waals surface area (Å²) in [5, 5.41) is 9.05. The molecule has 0 amide bonds. The van der Waals surface area contributed by atoms with Crippen LogP contribution in [0.1, 0.15) is 37.0 Å². The highest BCUT2D eigenvalue weighted by Gasteiger charge is 2.25. The van der Waals surface area contributed by atoms with E-state index in [1.807, 2.05) is 0 Å². The molecule has 0 aliphatic carbocycles. The lowest BCUT2D eigenvalue weighted by Gasteiger charge is -2.31. The summed E-state index contributed by atoms with van der Waals surface area (Å²) >= 11 is 0.